The minimum Gasteiger partial charge on any atom is -0.356 e. The molecule has 1 aromatic heterocycles. The maximum absolute atomic E-state index is 4.72. The number of piperazine rings is 1. The molecule has 0 unspecified atom stereocenters. The molecule has 2 aromatic rings. The van der Waals surface area contributed by atoms with E-state index >= 15 is 0 Å². The van der Waals surface area contributed by atoms with Crippen LogP contribution in [0.25, 0.3) is 0 Å². The van der Waals surface area contributed by atoms with Crippen LogP contribution in [0.2, 0.25) is 0 Å². The van der Waals surface area contributed by atoms with E-state index in [-0.39, 0.29) is 0 Å². The molecule has 7 nitrogen and oxygen atoms in total. The van der Waals surface area contributed by atoms with Crippen molar-refractivity contribution in [3.8, 4) is 0 Å². The van der Waals surface area contributed by atoms with Crippen molar-refractivity contribution in [1.29, 1.82) is 0 Å². The van der Waals surface area contributed by atoms with E-state index in [4.69, 9.17) is 4.99 Å². The molecule has 0 aliphatic carbocycles. The Hall–Kier alpha value is -2.67. The summed E-state index contributed by atoms with van der Waals surface area (Å²) in [6, 6.07) is 12.2. The molecule has 1 aliphatic rings. The Balaban J connectivity index is 1.36. The monoisotopic (exact) mass is 381 g/mol. The van der Waals surface area contributed by atoms with Crippen molar-refractivity contribution in [1.82, 2.24) is 25.1 Å². The summed E-state index contributed by atoms with van der Waals surface area (Å²) in [4.78, 5) is 20.2. The number of nitrogens with zero attached hydrogens (tertiary/aromatic N) is 6. The van der Waals surface area contributed by atoms with Gasteiger partial charge in [-0.2, -0.15) is 0 Å². The highest BCUT2D eigenvalue weighted by Gasteiger charge is 2.18. The van der Waals surface area contributed by atoms with Gasteiger partial charge in [0.05, 0.1) is 6.54 Å². The van der Waals surface area contributed by atoms with Gasteiger partial charge in [-0.15, -0.1) is 0 Å². The Morgan fingerprint density at radius 1 is 1.04 bits per heavy atom. The molecule has 3 rings (SSSR count). The minimum atomic E-state index is 0.699. The quantitative estimate of drug-likeness (QED) is 0.448. The first-order valence-corrected chi connectivity index (χ1v) is 9.96. The van der Waals surface area contributed by atoms with Crippen molar-refractivity contribution in [2.75, 3.05) is 58.3 Å². The molecule has 7 heteroatoms. The molecule has 1 aromatic carbocycles. The number of benzene rings is 1. The molecule has 0 radical (unpaired) electrons. The van der Waals surface area contributed by atoms with Gasteiger partial charge in [-0.05, 0) is 24.6 Å². The second-order valence-corrected chi connectivity index (χ2v) is 7.18. The fraction of sp³-hybridized carbons (Fsp3) is 0.476. The predicted octanol–water partition coefficient (Wildman–Crippen LogP) is 1.70. The van der Waals surface area contributed by atoms with Gasteiger partial charge < -0.3 is 15.1 Å². The first-order valence-electron chi connectivity index (χ1n) is 9.96. The molecule has 0 saturated carbocycles. The SMILES string of the molecule is CN(C)C(=NCc1ccccc1)NCCCN1CCN(c2ncccn2)CC1. The summed E-state index contributed by atoms with van der Waals surface area (Å²) in [5.41, 5.74) is 1.23. The largest absolute Gasteiger partial charge is 0.356 e. The van der Waals surface area contributed by atoms with Crippen LogP contribution in [0.3, 0.4) is 0 Å². The Kier molecular flexibility index (Phi) is 7.61. The van der Waals surface area contributed by atoms with E-state index in [1.807, 2.05) is 43.5 Å². The summed E-state index contributed by atoms with van der Waals surface area (Å²) >= 11 is 0. The summed E-state index contributed by atoms with van der Waals surface area (Å²) in [5, 5.41) is 3.48. The molecule has 0 atom stereocenters. The van der Waals surface area contributed by atoms with Crippen molar-refractivity contribution in [2.45, 2.75) is 13.0 Å². The molecular weight excluding hydrogens is 350 g/mol. The number of anilines is 1. The second kappa shape index (κ2) is 10.6. The molecule has 1 saturated heterocycles. The molecule has 1 fully saturated rings. The zero-order valence-corrected chi connectivity index (χ0v) is 17.0. The lowest BCUT2D eigenvalue weighted by atomic mass is 10.2. The van der Waals surface area contributed by atoms with Gasteiger partial charge in [0.1, 0.15) is 0 Å². The topological polar surface area (TPSA) is 59.9 Å². The number of rotatable bonds is 7. The van der Waals surface area contributed by atoms with E-state index < -0.39 is 0 Å². The van der Waals surface area contributed by atoms with Crippen molar-refractivity contribution in [3.63, 3.8) is 0 Å². The summed E-state index contributed by atoms with van der Waals surface area (Å²) < 4.78 is 0. The van der Waals surface area contributed by atoms with Crippen LogP contribution in [0.4, 0.5) is 5.95 Å². The third kappa shape index (κ3) is 6.20. The standard InChI is InChI=1S/C21H31N7/c1-26(2)20(25-18-19-8-4-3-5-9-19)22-12-7-13-27-14-16-28(17-15-27)21-23-10-6-11-24-21/h3-6,8-11H,7,12-18H2,1-2H3,(H,22,25). The maximum Gasteiger partial charge on any atom is 0.225 e. The van der Waals surface area contributed by atoms with E-state index in [0.29, 0.717) is 6.54 Å². The lowest BCUT2D eigenvalue weighted by Gasteiger charge is -2.34. The van der Waals surface area contributed by atoms with Crippen molar-refractivity contribution in [2.24, 2.45) is 4.99 Å². The first kappa shape index (κ1) is 20.1. The molecule has 0 spiro atoms. The molecule has 1 aliphatic heterocycles. The minimum absolute atomic E-state index is 0.699. The van der Waals surface area contributed by atoms with E-state index in [1.165, 1.54) is 5.56 Å². The molecule has 0 amide bonds. The molecule has 2 heterocycles. The highest BCUT2D eigenvalue weighted by Crippen LogP contribution is 2.09. The number of nitrogens with one attached hydrogen (secondary N) is 1. The highest BCUT2D eigenvalue weighted by molar-refractivity contribution is 5.79. The molecule has 150 valence electrons. The predicted molar refractivity (Wildman–Crippen MR) is 115 cm³/mol. The van der Waals surface area contributed by atoms with Crippen LogP contribution in [-0.2, 0) is 6.54 Å². The van der Waals surface area contributed by atoms with E-state index in [2.05, 4.69) is 49.4 Å². The van der Waals surface area contributed by atoms with Crippen LogP contribution < -0.4 is 10.2 Å². The highest BCUT2D eigenvalue weighted by atomic mass is 15.3. The van der Waals surface area contributed by atoms with Gasteiger partial charge in [0, 0.05) is 59.2 Å². The van der Waals surface area contributed by atoms with E-state index in [0.717, 1.165) is 57.6 Å². The fourth-order valence-corrected chi connectivity index (χ4v) is 3.23. The van der Waals surface area contributed by atoms with Crippen LogP contribution in [0.1, 0.15) is 12.0 Å². The zero-order valence-electron chi connectivity index (χ0n) is 17.0. The van der Waals surface area contributed by atoms with Crippen LogP contribution in [0.5, 0.6) is 0 Å². The Morgan fingerprint density at radius 2 is 1.75 bits per heavy atom. The average molecular weight is 382 g/mol. The number of hydrogen-bond donors (Lipinski definition) is 1. The second-order valence-electron chi connectivity index (χ2n) is 7.18. The van der Waals surface area contributed by atoms with Crippen LogP contribution in [-0.4, -0.2) is 79.1 Å². The van der Waals surface area contributed by atoms with Gasteiger partial charge in [-0.3, -0.25) is 4.90 Å². The smallest absolute Gasteiger partial charge is 0.225 e. The van der Waals surface area contributed by atoms with Gasteiger partial charge >= 0.3 is 0 Å². The molecule has 28 heavy (non-hydrogen) atoms. The number of aromatic nitrogens is 2. The maximum atomic E-state index is 4.72. The van der Waals surface area contributed by atoms with E-state index in [1.54, 1.807) is 0 Å². The Bertz CT molecular complexity index is 710. The molecule has 1 N–H and O–H groups in total. The lowest BCUT2D eigenvalue weighted by Crippen LogP contribution is -2.47. The van der Waals surface area contributed by atoms with Gasteiger partial charge in [0.2, 0.25) is 5.95 Å². The average Bonchev–Trinajstić information content (AvgIpc) is 2.75. The van der Waals surface area contributed by atoms with Gasteiger partial charge in [-0.25, -0.2) is 15.0 Å². The number of aliphatic imine (C=N–C) groups is 1. The number of hydrogen-bond acceptors (Lipinski definition) is 5. The molecular formula is C21H31N7. The summed E-state index contributed by atoms with van der Waals surface area (Å²) in [7, 11) is 4.06. The third-order valence-electron chi connectivity index (χ3n) is 4.82. The van der Waals surface area contributed by atoms with Gasteiger partial charge in [0.25, 0.3) is 0 Å². The van der Waals surface area contributed by atoms with Gasteiger partial charge in [0.15, 0.2) is 5.96 Å². The Labute approximate surface area is 168 Å². The molecule has 0 bridgehead atoms. The van der Waals surface area contributed by atoms with Crippen LogP contribution >= 0.6 is 0 Å². The number of guanidine groups is 1. The van der Waals surface area contributed by atoms with Crippen LogP contribution in [0.15, 0.2) is 53.8 Å². The van der Waals surface area contributed by atoms with Crippen molar-refractivity contribution < 1.29 is 0 Å². The van der Waals surface area contributed by atoms with E-state index in [9.17, 15) is 0 Å². The summed E-state index contributed by atoms with van der Waals surface area (Å²) in [5.74, 6) is 1.78. The van der Waals surface area contributed by atoms with Crippen molar-refractivity contribution in [3.05, 3.63) is 54.4 Å². The van der Waals surface area contributed by atoms with Crippen LogP contribution in [0, 0.1) is 0 Å². The normalized spacial score (nSPS) is 15.5. The summed E-state index contributed by atoms with van der Waals surface area (Å²) in [6.45, 7) is 6.80. The summed E-state index contributed by atoms with van der Waals surface area (Å²) in [6.07, 6.45) is 4.71. The lowest BCUT2D eigenvalue weighted by molar-refractivity contribution is 0.254. The third-order valence-corrected chi connectivity index (χ3v) is 4.82. The Morgan fingerprint density at radius 3 is 2.43 bits per heavy atom. The zero-order chi connectivity index (χ0) is 19.6. The first-order chi connectivity index (χ1) is 13.7. The van der Waals surface area contributed by atoms with Gasteiger partial charge in [-0.1, -0.05) is 30.3 Å². The fourth-order valence-electron chi connectivity index (χ4n) is 3.23. The van der Waals surface area contributed by atoms with Crippen molar-refractivity contribution >= 4 is 11.9 Å².